The summed E-state index contributed by atoms with van der Waals surface area (Å²) in [5, 5.41) is 9.82. The number of nitrogens with zero attached hydrogens (tertiary/aromatic N) is 1. The second-order valence-corrected chi connectivity index (χ2v) is 7.41. The number of anilines is 1. The Hall–Kier alpha value is -3.46. The maximum absolute atomic E-state index is 12.7. The average molecular weight is 433 g/mol. The zero-order chi connectivity index (χ0) is 22.2. The third kappa shape index (κ3) is 5.61. The van der Waals surface area contributed by atoms with Crippen molar-refractivity contribution in [2.45, 2.75) is 25.8 Å². The summed E-state index contributed by atoms with van der Waals surface area (Å²) < 4.78 is 5.63. The van der Waals surface area contributed by atoms with Crippen molar-refractivity contribution in [2.75, 3.05) is 18.5 Å². The number of aromatic nitrogens is 1. The molecule has 0 bridgehead atoms. The Bertz CT molecular complexity index is 1030. The van der Waals surface area contributed by atoms with Gasteiger partial charge in [-0.15, -0.1) is 0 Å². The van der Waals surface area contributed by atoms with E-state index in [9.17, 15) is 4.79 Å². The van der Waals surface area contributed by atoms with Gasteiger partial charge in [0, 0.05) is 42.3 Å². The van der Waals surface area contributed by atoms with Crippen molar-refractivity contribution >= 4 is 11.6 Å². The van der Waals surface area contributed by atoms with Gasteiger partial charge in [-0.2, -0.15) is 0 Å². The van der Waals surface area contributed by atoms with Crippen LogP contribution in [0.5, 0.6) is 5.75 Å². The average Bonchev–Trinajstić information content (AvgIpc) is 3.32. The Kier molecular flexibility index (Phi) is 7.29. The number of rotatable bonds is 9. The van der Waals surface area contributed by atoms with Gasteiger partial charge < -0.3 is 15.4 Å². The summed E-state index contributed by atoms with van der Waals surface area (Å²) in [7, 11) is 0. The van der Waals surface area contributed by atoms with Crippen LogP contribution in [-0.4, -0.2) is 30.2 Å². The predicted molar refractivity (Wildman–Crippen MR) is 124 cm³/mol. The van der Waals surface area contributed by atoms with Crippen molar-refractivity contribution in [1.82, 2.24) is 26.5 Å². The van der Waals surface area contributed by atoms with Crippen LogP contribution in [0.3, 0.4) is 0 Å². The molecule has 1 saturated heterocycles. The van der Waals surface area contributed by atoms with Crippen molar-refractivity contribution in [1.29, 1.82) is 0 Å². The van der Waals surface area contributed by atoms with E-state index in [0.717, 1.165) is 22.6 Å². The number of para-hydroxylation sites is 1. The number of benzene rings is 2. The van der Waals surface area contributed by atoms with Crippen LogP contribution in [0.25, 0.3) is 0 Å². The largest absolute Gasteiger partial charge is 0.494 e. The van der Waals surface area contributed by atoms with Gasteiger partial charge in [0.05, 0.1) is 18.9 Å². The molecule has 2 aromatic carbocycles. The molecule has 5 N–H and O–H groups in total. The number of amides is 1. The number of ether oxygens (including phenoxy) is 1. The van der Waals surface area contributed by atoms with E-state index >= 15 is 0 Å². The zero-order valence-electron chi connectivity index (χ0n) is 18.0. The molecular weight excluding hydrogens is 404 g/mol. The van der Waals surface area contributed by atoms with Gasteiger partial charge in [-0.3, -0.25) is 15.1 Å². The molecule has 3 aromatic rings. The van der Waals surface area contributed by atoms with Crippen LogP contribution in [0.1, 0.15) is 34.6 Å². The second kappa shape index (κ2) is 10.7. The van der Waals surface area contributed by atoms with Crippen LogP contribution in [0.15, 0.2) is 73.1 Å². The van der Waals surface area contributed by atoms with Crippen molar-refractivity contribution < 1.29 is 9.53 Å². The molecule has 2 heterocycles. The molecule has 1 aromatic heterocycles. The number of nitrogens with one attached hydrogen (secondary N) is 5. The van der Waals surface area contributed by atoms with Crippen molar-refractivity contribution in [3.8, 4) is 5.75 Å². The Balaban J connectivity index is 1.29. The fraction of sp³-hybridized carbons (Fsp3) is 0.250. The maximum atomic E-state index is 12.7. The van der Waals surface area contributed by atoms with Gasteiger partial charge in [0.1, 0.15) is 5.75 Å². The van der Waals surface area contributed by atoms with Gasteiger partial charge in [0.25, 0.3) is 5.91 Å². The Labute approximate surface area is 187 Å². The first-order chi connectivity index (χ1) is 15.7. The number of hydrogen-bond acceptors (Lipinski definition) is 7. The summed E-state index contributed by atoms with van der Waals surface area (Å²) in [6.07, 6.45) is 3.59. The van der Waals surface area contributed by atoms with E-state index in [2.05, 4.69) is 31.8 Å². The Morgan fingerprint density at radius 2 is 1.91 bits per heavy atom. The number of pyridine rings is 1. The van der Waals surface area contributed by atoms with Gasteiger partial charge >= 0.3 is 0 Å². The van der Waals surface area contributed by atoms with Crippen LogP contribution < -0.4 is 31.5 Å². The van der Waals surface area contributed by atoms with E-state index in [-0.39, 0.29) is 18.2 Å². The molecule has 32 heavy (non-hydrogen) atoms. The third-order valence-corrected chi connectivity index (χ3v) is 5.16. The minimum atomic E-state index is -0.128. The highest BCUT2D eigenvalue weighted by Crippen LogP contribution is 2.18. The first kappa shape index (κ1) is 21.8. The van der Waals surface area contributed by atoms with Gasteiger partial charge in [0.15, 0.2) is 0 Å². The molecule has 0 saturated carbocycles. The maximum Gasteiger partial charge on any atom is 0.251 e. The lowest BCUT2D eigenvalue weighted by Crippen LogP contribution is -2.39. The summed E-state index contributed by atoms with van der Waals surface area (Å²) in [6.45, 7) is 3.58. The van der Waals surface area contributed by atoms with Crippen LogP contribution in [0, 0.1) is 0 Å². The number of hydrazine groups is 1. The summed E-state index contributed by atoms with van der Waals surface area (Å²) in [4.78, 5) is 16.7. The highest BCUT2D eigenvalue weighted by atomic mass is 16.5. The monoisotopic (exact) mass is 432 g/mol. The molecule has 0 aliphatic carbocycles. The summed E-state index contributed by atoms with van der Waals surface area (Å²) in [6, 6.07) is 19.2. The first-order valence-corrected chi connectivity index (χ1v) is 10.7. The number of hydrogen-bond donors (Lipinski definition) is 5. The first-order valence-electron chi connectivity index (χ1n) is 10.7. The van der Waals surface area contributed by atoms with E-state index in [1.54, 1.807) is 12.4 Å². The molecule has 1 amide bonds. The molecule has 2 atom stereocenters. The zero-order valence-corrected chi connectivity index (χ0v) is 18.0. The van der Waals surface area contributed by atoms with E-state index < -0.39 is 0 Å². The normalized spacial score (nSPS) is 17.7. The van der Waals surface area contributed by atoms with Gasteiger partial charge in [-0.1, -0.05) is 24.3 Å². The van der Waals surface area contributed by atoms with E-state index in [4.69, 9.17) is 4.74 Å². The molecule has 8 nitrogen and oxygen atoms in total. The van der Waals surface area contributed by atoms with Crippen LogP contribution in [0.2, 0.25) is 0 Å². The highest BCUT2D eigenvalue weighted by molar-refractivity contribution is 5.95. The number of carbonyl (C=O) groups is 1. The highest BCUT2D eigenvalue weighted by Gasteiger charge is 2.23. The Morgan fingerprint density at radius 3 is 2.75 bits per heavy atom. The fourth-order valence-electron chi connectivity index (χ4n) is 3.53. The van der Waals surface area contributed by atoms with E-state index in [1.807, 2.05) is 67.6 Å². The van der Waals surface area contributed by atoms with Gasteiger partial charge in [0.2, 0.25) is 0 Å². The van der Waals surface area contributed by atoms with Crippen molar-refractivity contribution in [2.24, 2.45) is 0 Å². The van der Waals surface area contributed by atoms with Gasteiger partial charge in [-0.05, 0) is 48.9 Å². The fourth-order valence-corrected chi connectivity index (χ4v) is 3.53. The van der Waals surface area contributed by atoms with Gasteiger partial charge in [-0.25, -0.2) is 10.9 Å². The molecule has 2 unspecified atom stereocenters. The molecule has 166 valence electrons. The van der Waals surface area contributed by atoms with Crippen LogP contribution in [0.4, 0.5) is 5.69 Å². The van der Waals surface area contributed by atoms with Crippen LogP contribution >= 0.6 is 0 Å². The standard InChI is InChI=1S/C24H28N6O2/c1-2-32-21-9-4-3-6-19(21)15-27-24(31)18-7-5-8-20(14-18)26-16-22-28-23(30-29-22)17-10-12-25-13-11-17/h3-14,22-23,26,28-30H,2,15-16H2,1H3,(H,27,31). The smallest absolute Gasteiger partial charge is 0.251 e. The Morgan fingerprint density at radius 1 is 1.06 bits per heavy atom. The third-order valence-electron chi connectivity index (χ3n) is 5.16. The lowest BCUT2D eigenvalue weighted by Gasteiger charge is -2.15. The molecule has 8 heteroatoms. The topological polar surface area (TPSA) is 99.3 Å². The van der Waals surface area contributed by atoms with E-state index in [0.29, 0.717) is 25.3 Å². The molecule has 0 radical (unpaired) electrons. The van der Waals surface area contributed by atoms with Crippen molar-refractivity contribution in [3.63, 3.8) is 0 Å². The second-order valence-electron chi connectivity index (χ2n) is 7.41. The SMILES string of the molecule is CCOc1ccccc1CNC(=O)c1cccc(NCC2NNC(c3ccncc3)N2)c1. The quantitative estimate of drug-likeness (QED) is 0.354. The molecule has 4 rings (SSSR count). The summed E-state index contributed by atoms with van der Waals surface area (Å²) in [5.74, 6) is 0.664. The number of carbonyl (C=O) groups excluding carboxylic acids is 1. The minimum absolute atomic E-state index is 0.0153. The lowest BCUT2D eigenvalue weighted by atomic mass is 10.1. The van der Waals surface area contributed by atoms with Crippen molar-refractivity contribution in [3.05, 3.63) is 89.7 Å². The molecule has 1 aliphatic rings. The minimum Gasteiger partial charge on any atom is -0.494 e. The van der Waals surface area contributed by atoms with Crippen LogP contribution in [-0.2, 0) is 6.54 Å². The molecule has 0 spiro atoms. The molecular formula is C24H28N6O2. The lowest BCUT2D eigenvalue weighted by molar-refractivity contribution is 0.0950. The summed E-state index contributed by atoms with van der Waals surface area (Å²) >= 11 is 0. The molecule has 1 fully saturated rings. The summed E-state index contributed by atoms with van der Waals surface area (Å²) in [5.41, 5.74) is 10.0. The molecule has 1 aliphatic heterocycles. The predicted octanol–water partition coefficient (Wildman–Crippen LogP) is 2.54. The van der Waals surface area contributed by atoms with E-state index in [1.165, 1.54) is 0 Å².